The number of fused-ring (bicyclic) bond motifs is 1. The number of halogens is 2. The van der Waals surface area contributed by atoms with Gasteiger partial charge in [0.05, 0.1) is 18.7 Å². The average Bonchev–Trinajstić information content (AvgIpc) is 2.76. The second-order valence-electron chi connectivity index (χ2n) is 5.54. The largest absolute Gasteiger partial charge is 0.469 e. The molecule has 2 aliphatic rings. The van der Waals surface area contributed by atoms with E-state index in [0.29, 0.717) is 28.7 Å². The quantitative estimate of drug-likeness (QED) is 0.603. The number of hydrogen-bond acceptors (Lipinski definition) is 4. The van der Waals surface area contributed by atoms with E-state index >= 15 is 0 Å². The molecule has 2 aliphatic heterocycles. The molecule has 122 valence electrons. The Bertz CT molecular complexity index is 674. The SMILES string of the molecule is COC(=O)C1CCN2C(=O)N(c3cc(Cl)cc(Cl)c3)C(=O)C2C1. The van der Waals surface area contributed by atoms with Crippen LogP contribution in [0.5, 0.6) is 0 Å². The molecular weight excluding hydrogens is 343 g/mol. The Labute approximate surface area is 142 Å². The summed E-state index contributed by atoms with van der Waals surface area (Å²) in [7, 11) is 1.32. The second kappa shape index (κ2) is 6.02. The molecule has 0 radical (unpaired) electrons. The maximum absolute atomic E-state index is 12.7. The van der Waals surface area contributed by atoms with Gasteiger partial charge in [-0.3, -0.25) is 9.59 Å². The molecule has 6 nitrogen and oxygen atoms in total. The van der Waals surface area contributed by atoms with Crippen LogP contribution in [-0.2, 0) is 14.3 Å². The van der Waals surface area contributed by atoms with E-state index in [9.17, 15) is 14.4 Å². The van der Waals surface area contributed by atoms with Gasteiger partial charge in [0.1, 0.15) is 6.04 Å². The minimum absolute atomic E-state index is 0.266. The zero-order valence-corrected chi connectivity index (χ0v) is 13.8. The van der Waals surface area contributed by atoms with Crippen molar-refractivity contribution < 1.29 is 19.1 Å². The summed E-state index contributed by atoms with van der Waals surface area (Å²) in [5, 5.41) is 0.677. The Hall–Kier alpha value is -1.79. The molecular formula is C15H14Cl2N2O4. The zero-order valence-electron chi connectivity index (χ0n) is 12.3. The number of anilines is 1. The third kappa shape index (κ3) is 2.77. The Morgan fingerprint density at radius 2 is 1.87 bits per heavy atom. The fraction of sp³-hybridized carbons (Fsp3) is 0.400. The van der Waals surface area contributed by atoms with Gasteiger partial charge in [0, 0.05) is 16.6 Å². The molecule has 2 unspecified atom stereocenters. The van der Waals surface area contributed by atoms with E-state index < -0.39 is 12.1 Å². The van der Waals surface area contributed by atoms with Crippen LogP contribution in [0.4, 0.5) is 10.5 Å². The lowest BCUT2D eigenvalue weighted by Gasteiger charge is -2.30. The van der Waals surface area contributed by atoms with Crippen molar-refractivity contribution in [2.24, 2.45) is 5.92 Å². The van der Waals surface area contributed by atoms with Crippen LogP contribution >= 0.6 is 23.2 Å². The standard InChI is InChI=1S/C15H14Cl2N2O4/c1-23-14(21)8-2-3-18-12(4-8)13(20)19(15(18)22)11-6-9(16)5-10(17)7-11/h5-8,12H,2-4H2,1H3. The van der Waals surface area contributed by atoms with Gasteiger partial charge in [-0.15, -0.1) is 0 Å². The number of nitrogens with zero attached hydrogens (tertiary/aromatic N) is 2. The summed E-state index contributed by atoms with van der Waals surface area (Å²) in [6.07, 6.45) is 0.744. The number of piperidine rings is 1. The van der Waals surface area contributed by atoms with E-state index in [1.54, 1.807) is 0 Å². The molecule has 3 rings (SSSR count). The van der Waals surface area contributed by atoms with Crippen molar-refractivity contribution in [1.82, 2.24) is 4.90 Å². The van der Waals surface area contributed by atoms with Crippen LogP contribution in [0.25, 0.3) is 0 Å². The first-order valence-electron chi connectivity index (χ1n) is 7.11. The molecule has 23 heavy (non-hydrogen) atoms. The number of imide groups is 1. The van der Waals surface area contributed by atoms with Crippen molar-refractivity contribution in [3.8, 4) is 0 Å². The molecule has 0 aromatic heterocycles. The summed E-state index contributed by atoms with van der Waals surface area (Å²) in [5.41, 5.74) is 0.335. The van der Waals surface area contributed by atoms with Crippen LogP contribution < -0.4 is 4.90 Å². The summed E-state index contributed by atoms with van der Waals surface area (Å²) in [6, 6.07) is 3.48. The van der Waals surface area contributed by atoms with Gasteiger partial charge in [-0.2, -0.15) is 0 Å². The monoisotopic (exact) mass is 356 g/mol. The van der Waals surface area contributed by atoms with Gasteiger partial charge < -0.3 is 9.64 Å². The molecule has 2 atom stereocenters. The van der Waals surface area contributed by atoms with Crippen LogP contribution in [0.1, 0.15) is 12.8 Å². The molecule has 0 aliphatic carbocycles. The van der Waals surface area contributed by atoms with Crippen molar-refractivity contribution >= 4 is 46.8 Å². The lowest BCUT2D eigenvalue weighted by atomic mass is 9.91. The predicted octanol–water partition coefficient (Wildman–Crippen LogP) is 2.71. The Morgan fingerprint density at radius 3 is 2.48 bits per heavy atom. The molecule has 2 fully saturated rings. The summed E-state index contributed by atoms with van der Waals surface area (Å²) in [6.45, 7) is 0.333. The minimum atomic E-state index is -0.655. The first kappa shape index (κ1) is 16.1. The van der Waals surface area contributed by atoms with E-state index in [4.69, 9.17) is 27.9 Å². The molecule has 0 saturated carbocycles. The predicted molar refractivity (Wildman–Crippen MR) is 84.6 cm³/mol. The fourth-order valence-corrected chi connectivity index (χ4v) is 3.60. The highest BCUT2D eigenvalue weighted by atomic mass is 35.5. The number of esters is 1. The molecule has 0 N–H and O–H groups in total. The third-order valence-electron chi connectivity index (χ3n) is 4.18. The highest BCUT2D eigenvalue weighted by Crippen LogP contribution is 2.35. The number of benzene rings is 1. The molecule has 1 aromatic rings. The molecule has 3 amide bonds. The van der Waals surface area contributed by atoms with Crippen LogP contribution in [0, 0.1) is 5.92 Å². The molecule has 2 saturated heterocycles. The van der Waals surface area contributed by atoms with E-state index in [1.807, 2.05) is 0 Å². The first-order valence-corrected chi connectivity index (χ1v) is 7.86. The van der Waals surface area contributed by atoms with E-state index in [1.165, 1.54) is 30.2 Å². The number of ether oxygens (including phenoxy) is 1. The lowest BCUT2D eigenvalue weighted by molar-refractivity contribution is -0.147. The molecule has 0 spiro atoms. The van der Waals surface area contributed by atoms with Crippen LogP contribution in [0.15, 0.2) is 18.2 Å². The van der Waals surface area contributed by atoms with E-state index in [0.717, 1.165) is 4.90 Å². The van der Waals surface area contributed by atoms with Gasteiger partial charge in [-0.1, -0.05) is 23.2 Å². The van der Waals surface area contributed by atoms with Gasteiger partial charge in [0.25, 0.3) is 5.91 Å². The van der Waals surface area contributed by atoms with Gasteiger partial charge >= 0.3 is 12.0 Å². The summed E-state index contributed by atoms with van der Waals surface area (Å²) < 4.78 is 4.74. The smallest absolute Gasteiger partial charge is 0.332 e. The van der Waals surface area contributed by atoms with Crippen LogP contribution in [0.3, 0.4) is 0 Å². The van der Waals surface area contributed by atoms with E-state index in [2.05, 4.69) is 0 Å². The highest BCUT2D eigenvalue weighted by Gasteiger charge is 2.49. The normalized spacial score (nSPS) is 24.0. The number of carbonyl (C=O) groups is 3. The van der Waals surface area contributed by atoms with Gasteiger partial charge in [0.15, 0.2) is 0 Å². The van der Waals surface area contributed by atoms with Crippen molar-refractivity contribution in [2.45, 2.75) is 18.9 Å². The van der Waals surface area contributed by atoms with Gasteiger partial charge in [-0.25, -0.2) is 9.69 Å². The fourth-order valence-electron chi connectivity index (χ4n) is 3.09. The van der Waals surface area contributed by atoms with Crippen molar-refractivity contribution in [1.29, 1.82) is 0 Å². The maximum atomic E-state index is 12.7. The first-order chi connectivity index (χ1) is 10.9. The number of carbonyl (C=O) groups excluding carboxylic acids is 3. The molecule has 8 heteroatoms. The maximum Gasteiger partial charge on any atom is 0.332 e. The van der Waals surface area contributed by atoms with Crippen molar-refractivity contribution in [3.63, 3.8) is 0 Å². The second-order valence-corrected chi connectivity index (χ2v) is 6.41. The number of rotatable bonds is 2. The Balaban J connectivity index is 1.90. The van der Waals surface area contributed by atoms with Crippen molar-refractivity contribution in [2.75, 3.05) is 18.6 Å². The van der Waals surface area contributed by atoms with Crippen LogP contribution in [-0.4, -0.2) is 42.5 Å². The van der Waals surface area contributed by atoms with Gasteiger partial charge in [0.2, 0.25) is 0 Å². The zero-order chi connectivity index (χ0) is 16.7. The number of hydrogen-bond donors (Lipinski definition) is 0. The molecule has 1 aromatic carbocycles. The van der Waals surface area contributed by atoms with E-state index in [-0.39, 0.29) is 24.2 Å². The Morgan fingerprint density at radius 1 is 1.22 bits per heavy atom. The number of methoxy groups -OCH3 is 1. The van der Waals surface area contributed by atoms with Gasteiger partial charge in [-0.05, 0) is 31.0 Å². The number of urea groups is 1. The number of amides is 3. The molecule has 2 heterocycles. The topological polar surface area (TPSA) is 66.9 Å². The summed E-state index contributed by atoms with van der Waals surface area (Å²) >= 11 is 11.9. The van der Waals surface area contributed by atoms with Crippen LogP contribution in [0.2, 0.25) is 10.0 Å². The minimum Gasteiger partial charge on any atom is -0.469 e. The highest BCUT2D eigenvalue weighted by molar-refractivity contribution is 6.35. The Kier molecular flexibility index (Phi) is 4.21. The molecule has 0 bridgehead atoms. The lowest BCUT2D eigenvalue weighted by Crippen LogP contribution is -2.44. The summed E-state index contributed by atoms with van der Waals surface area (Å²) in [5.74, 6) is -1.10. The summed E-state index contributed by atoms with van der Waals surface area (Å²) in [4.78, 5) is 39.5. The third-order valence-corrected chi connectivity index (χ3v) is 4.62. The van der Waals surface area contributed by atoms with Crippen molar-refractivity contribution in [3.05, 3.63) is 28.2 Å². The average molecular weight is 357 g/mol.